The summed E-state index contributed by atoms with van der Waals surface area (Å²) in [4.78, 5) is 48.9. The highest BCUT2D eigenvalue weighted by Crippen LogP contribution is 2.25. The maximum Gasteiger partial charge on any atom is 0.332 e. The molecule has 1 fully saturated rings. The van der Waals surface area contributed by atoms with Crippen molar-refractivity contribution in [3.05, 3.63) is 26.7 Å². The first kappa shape index (κ1) is 24.4. The van der Waals surface area contributed by atoms with Crippen LogP contribution in [0.2, 0.25) is 0 Å². The Balaban J connectivity index is 1.97. The van der Waals surface area contributed by atoms with Gasteiger partial charge in [-0.2, -0.15) is 0 Å². The first-order chi connectivity index (χ1) is 14.9. The number of carbonyl (C=O) groups is 1. The highest BCUT2D eigenvalue weighted by atomic mass is 32.2. The number of hydrogen-bond acceptors (Lipinski definition) is 8. The summed E-state index contributed by atoms with van der Waals surface area (Å²) in [6.45, 7) is 8.22. The molecule has 1 aliphatic heterocycles. The normalized spacial score (nSPS) is 17.9. The van der Waals surface area contributed by atoms with Gasteiger partial charge in [0.05, 0.1) is 17.3 Å². The summed E-state index contributed by atoms with van der Waals surface area (Å²) in [5.41, 5.74) is -0.682. The molecule has 0 saturated carbocycles. The molecule has 0 bridgehead atoms. The lowest BCUT2D eigenvalue weighted by molar-refractivity contribution is -0.129. The molecule has 176 valence electrons. The first-order valence-corrected chi connectivity index (χ1v) is 13.4. The fourth-order valence-corrected chi connectivity index (χ4v) is 6.62. The Morgan fingerprint density at radius 1 is 1.28 bits per heavy atom. The van der Waals surface area contributed by atoms with E-state index in [9.17, 15) is 22.8 Å². The van der Waals surface area contributed by atoms with Gasteiger partial charge in [0.2, 0.25) is 5.91 Å². The number of aryl methyl sites for hydroxylation is 1. The molecular formula is C20H29N5O5S2. The number of thioether (sulfide) groups is 1. The molecule has 1 aliphatic rings. The smallest absolute Gasteiger partial charge is 0.332 e. The van der Waals surface area contributed by atoms with Crippen molar-refractivity contribution in [3.8, 4) is 0 Å². The molecule has 0 radical (unpaired) electrons. The molecule has 0 aromatic carbocycles. The minimum atomic E-state index is -3.11. The van der Waals surface area contributed by atoms with Crippen molar-refractivity contribution in [1.29, 1.82) is 0 Å². The van der Waals surface area contributed by atoms with Crippen molar-refractivity contribution in [1.82, 2.24) is 24.0 Å². The zero-order chi connectivity index (χ0) is 23.8. The Morgan fingerprint density at radius 2 is 1.97 bits per heavy atom. The van der Waals surface area contributed by atoms with Crippen LogP contribution in [0, 0.1) is 12.8 Å². The lowest BCUT2D eigenvalue weighted by Gasteiger charge is -2.26. The number of fused-ring (bicyclic) bond motifs is 1. The monoisotopic (exact) mass is 483 g/mol. The molecule has 3 rings (SSSR count). The van der Waals surface area contributed by atoms with Gasteiger partial charge in [-0.25, -0.2) is 23.2 Å². The molecule has 32 heavy (non-hydrogen) atoms. The maximum atomic E-state index is 12.9. The molecule has 12 heteroatoms. The van der Waals surface area contributed by atoms with Crippen molar-refractivity contribution in [2.75, 3.05) is 23.8 Å². The quantitative estimate of drug-likeness (QED) is 0.414. The summed E-state index contributed by atoms with van der Waals surface area (Å²) >= 11 is 1.11. The maximum absolute atomic E-state index is 12.9. The SMILES string of the molecule is CCN(C(=O)CSc1nc(C)nc2c1c(=O)n(C)c(=O)n2CC(C)C)C1CCS(=O)(=O)C1. The zero-order valence-electron chi connectivity index (χ0n) is 19.0. The predicted octanol–water partition coefficient (Wildman–Crippen LogP) is 0.582. The molecule has 1 atom stereocenters. The second-order valence-corrected chi connectivity index (χ2v) is 11.6. The molecule has 1 unspecified atom stereocenters. The number of nitrogens with zero attached hydrogens (tertiary/aromatic N) is 5. The van der Waals surface area contributed by atoms with Crippen LogP contribution in [-0.4, -0.2) is 68.2 Å². The summed E-state index contributed by atoms with van der Waals surface area (Å²) in [6.07, 6.45) is 0.435. The summed E-state index contributed by atoms with van der Waals surface area (Å²) < 4.78 is 26.2. The summed E-state index contributed by atoms with van der Waals surface area (Å²) in [6, 6.07) is -0.328. The van der Waals surface area contributed by atoms with Crippen LogP contribution in [0.25, 0.3) is 11.0 Å². The number of hydrogen-bond donors (Lipinski definition) is 0. The van der Waals surface area contributed by atoms with Gasteiger partial charge in [-0.3, -0.25) is 18.7 Å². The second-order valence-electron chi connectivity index (χ2n) is 8.45. The topological polar surface area (TPSA) is 124 Å². The third kappa shape index (κ3) is 4.90. The third-order valence-electron chi connectivity index (χ3n) is 5.45. The van der Waals surface area contributed by atoms with Crippen molar-refractivity contribution in [2.45, 2.75) is 51.7 Å². The second kappa shape index (κ2) is 9.34. The minimum absolute atomic E-state index is 0.00238. The zero-order valence-corrected chi connectivity index (χ0v) is 20.6. The summed E-state index contributed by atoms with van der Waals surface area (Å²) in [5, 5.41) is 0.552. The van der Waals surface area contributed by atoms with Gasteiger partial charge >= 0.3 is 5.69 Å². The molecule has 1 amide bonds. The van der Waals surface area contributed by atoms with Crippen LogP contribution < -0.4 is 11.2 Å². The van der Waals surface area contributed by atoms with Gasteiger partial charge in [0, 0.05) is 26.2 Å². The Morgan fingerprint density at radius 3 is 2.53 bits per heavy atom. The number of sulfone groups is 1. The van der Waals surface area contributed by atoms with E-state index in [-0.39, 0.29) is 46.2 Å². The Labute approximate surface area is 191 Å². The van der Waals surface area contributed by atoms with Crippen molar-refractivity contribution >= 4 is 38.5 Å². The first-order valence-electron chi connectivity index (χ1n) is 10.6. The highest BCUT2D eigenvalue weighted by Gasteiger charge is 2.34. The fraction of sp³-hybridized carbons (Fsp3) is 0.650. The van der Waals surface area contributed by atoms with Crippen LogP contribution in [0.3, 0.4) is 0 Å². The van der Waals surface area contributed by atoms with Crippen molar-refractivity contribution in [3.63, 3.8) is 0 Å². The standard InChI is InChI=1S/C20H29N5O5S2/c1-6-24(14-7-8-32(29,30)11-14)15(26)10-31-18-16-17(21-13(4)22-18)25(9-12(2)3)20(28)23(5)19(16)27/h12,14H,6-11H2,1-5H3. The third-order valence-corrected chi connectivity index (χ3v) is 8.16. The van der Waals surface area contributed by atoms with Crippen molar-refractivity contribution in [2.24, 2.45) is 13.0 Å². The number of amides is 1. The highest BCUT2D eigenvalue weighted by molar-refractivity contribution is 8.00. The molecule has 2 aromatic heterocycles. The van der Waals surface area contributed by atoms with Gasteiger partial charge in [0.15, 0.2) is 15.5 Å². The van der Waals surface area contributed by atoms with Crippen LogP contribution in [0.4, 0.5) is 0 Å². The lowest BCUT2D eigenvalue weighted by Crippen LogP contribution is -2.42. The molecule has 3 heterocycles. The molecule has 0 N–H and O–H groups in total. The predicted molar refractivity (Wildman–Crippen MR) is 124 cm³/mol. The largest absolute Gasteiger partial charge is 0.338 e. The van der Waals surface area contributed by atoms with E-state index in [1.54, 1.807) is 11.8 Å². The molecular weight excluding hydrogens is 454 g/mol. The van der Waals surface area contributed by atoms with Gasteiger partial charge in [-0.15, -0.1) is 0 Å². The van der Waals surface area contributed by atoms with Gasteiger partial charge in [-0.05, 0) is 26.2 Å². The van der Waals surface area contributed by atoms with Crippen LogP contribution in [0.1, 0.15) is 33.0 Å². The number of carbonyl (C=O) groups excluding carboxylic acids is 1. The van der Waals surface area contributed by atoms with E-state index in [1.165, 1.54) is 11.6 Å². The fourth-order valence-electron chi connectivity index (χ4n) is 3.95. The number of aromatic nitrogens is 4. The summed E-state index contributed by atoms with van der Waals surface area (Å²) in [5.74, 6) is 0.413. The van der Waals surface area contributed by atoms with E-state index in [1.807, 2.05) is 20.8 Å². The van der Waals surface area contributed by atoms with E-state index >= 15 is 0 Å². The molecule has 0 aliphatic carbocycles. The minimum Gasteiger partial charge on any atom is -0.338 e. The van der Waals surface area contributed by atoms with Gasteiger partial charge in [0.1, 0.15) is 16.2 Å². The van der Waals surface area contributed by atoms with Gasteiger partial charge < -0.3 is 4.90 Å². The van der Waals surface area contributed by atoms with Crippen LogP contribution in [-0.2, 0) is 28.2 Å². The summed E-state index contributed by atoms with van der Waals surface area (Å²) in [7, 11) is -1.70. The van der Waals surface area contributed by atoms with E-state index in [0.29, 0.717) is 30.4 Å². The Kier molecular flexibility index (Phi) is 7.13. The Hall–Kier alpha value is -2.21. The molecule has 2 aromatic rings. The molecule has 1 saturated heterocycles. The number of rotatable bonds is 7. The lowest BCUT2D eigenvalue weighted by atomic mass is 10.2. The Bertz CT molecular complexity index is 1270. The molecule has 0 spiro atoms. The average Bonchev–Trinajstić information content (AvgIpc) is 3.07. The van der Waals surface area contributed by atoms with Crippen LogP contribution in [0.5, 0.6) is 0 Å². The van der Waals surface area contributed by atoms with E-state index < -0.39 is 21.1 Å². The van der Waals surface area contributed by atoms with Gasteiger partial charge in [-0.1, -0.05) is 25.6 Å². The van der Waals surface area contributed by atoms with Crippen LogP contribution >= 0.6 is 11.8 Å². The van der Waals surface area contributed by atoms with E-state index in [0.717, 1.165) is 16.3 Å². The van der Waals surface area contributed by atoms with Crippen molar-refractivity contribution < 1.29 is 13.2 Å². The van der Waals surface area contributed by atoms with Gasteiger partial charge in [0.25, 0.3) is 5.56 Å². The average molecular weight is 484 g/mol. The molecule has 10 nitrogen and oxygen atoms in total. The van der Waals surface area contributed by atoms with E-state index in [4.69, 9.17) is 0 Å². The van der Waals surface area contributed by atoms with E-state index in [2.05, 4.69) is 9.97 Å². The van der Waals surface area contributed by atoms with Crippen LogP contribution in [0.15, 0.2) is 14.6 Å².